The maximum Gasteiger partial charge on any atom is 0.259 e. The first-order valence-corrected chi connectivity index (χ1v) is 11.1. The number of amides is 1. The molecule has 3 rings (SSSR count). The van der Waals surface area contributed by atoms with E-state index in [0.29, 0.717) is 30.4 Å². The van der Waals surface area contributed by atoms with E-state index in [-0.39, 0.29) is 18.3 Å². The van der Waals surface area contributed by atoms with E-state index in [9.17, 15) is 9.18 Å². The molecule has 3 aromatic carbocycles. The molecule has 32 heavy (non-hydrogen) atoms. The normalized spacial score (nSPS) is 10.7. The van der Waals surface area contributed by atoms with Crippen molar-refractivity contribution in [2.75, 3.05) is 18.5 Å². The molecule has 0 heterocycles. The third-order valence-electron chi connectivity index (χ3n) is 4.26. The molecule has 0 saturated carbocycles. The van der Waals surface area contributed by atoms with Gasteiger partial charge in [0.15, 0.2) is 11.5 Å². The minimum atomic E-state index is -0.331. The largest absolute Gasteiger partial charge is 0.490 e. The Kier molecular flexibility index (Phi) is 8.85. The number of ether oxygens (including phenoxy) is 2. The lowest BCUT2D eigenvalue weighted by Gasteiger charge is -2.14. The second kappa shape index (κ2) is 12.0. The van der Waals surface area contributed by atoms with Crippen LogP contribution in [-0.4, -0.2) is 25.3 Å². The van der Waals surface area contributed by atoms with Gasteiger partial charge < -0.3 is 14.8 Å². The number of carbonyl (C=O) groups excluding carboxylic acids is 1. The van der Waals surface area contributed by atoms with Gasteiger partial charge in [-0.05, 0) is 77.0 Å². The smallest absolute Gasteiger partial charge is 0.259 e. The molecule has 0 radical (unpaired) electrons. The molecule has 0 fully saturated rings. The average Bonchev–Trinajstić information content (AvgIpc) is 2.79. The Bertz CT molecular complexity index is 1060. The quantitative estimate of drug-likeness (QED) is 0.214. The van der Waals surface area contributed by atoms with Crippen molar-refractivity contribution in [1.29, 1.82) is 0 Å². The molecule has 2 N–H and O–H groups in total. The molecule has 6 nitrogen and oxygen atoms in total. The van der Waals surface area contributed by atoms with Crippen molar-refractivity contribution in [3.05, 3.63) is 87.2 Å². The summed E-state index contributed by atoms with van der Waals surface area (Å²) in [7, 11) is 0. The van der Waals surface area contributed by atoms with Crippen LogP contribution >= 0.6 is 22.6 Å². The first-order chi connectivity index (χ1) is 15.5. The molecule has 0 aliphatic rings. The van der Waals surface area contributed by atoms with Crippen LogP contribution in [-0.2, 0) is 11.4 Å². The van der Waals surface area contributed by atoms with E-state index in [0.717, 1.165) is 14.7 Å². The fourth-order valence-corrected chi connectivity index (χ4v) is 3.54. The first kappa shape index (κ1) is 23.5. The van der Waals surface area contributed by atoms with Gasteiger partial charge >= 0.3 is 0 Å². The third-order valence-corrected chi connectivity index (χ3v) is 5.06. The standard InChI is InChI=1S/C24H23FIN3O3/c1-2-31-22-13-18(12-21(26)24(22)32-16-17-6-4-3-5-7-17)14-28-29-23(30)15-27-20-10-8-19(25)9-11-20/h3-14,27H,2,15-16H2,1H3,(H,29,30)/b28-14-. The van der Waals surface area contributed by atoms with E-state index in [1.165, 1.54) is 12.1 Å². The summed E-state index contributed by atoms with van der Waals surface area (Å²) in [6.45, 7) is 2.84. The van der Waals surface area contributed by atoms with Crippen molar-refractivity contribution in [2.24, 2.45) is 5.10 Å². The SMILES string of the molecule is CCOc1cc(/C=N\NC(=O)CNc2ccc(F)cc2)cc(I)c1OCc1ccccc1. The summed E-state index contributed by atoms with van der Waals surface area (Å²) in [5.74, 6) is 0.623. The molecule has 0 unspecified atom stereocenters. The molecule has 0 aromatic heterocycles. The van der Waals surface area contributed by atoms with Gasteiger partial charge in [-0.15, -0.1) is 0 Å². The lowest BCUT2D eigenvalue weighted by Crippen LogP contribution is -2.25. The van der Waals surface area contributed by atoms with Crippen LogP contribution in [0.4, 0.5) is 10.1 Å². The molecule has 0 saturated heterocycles. The summed E-state index contributed by atoms with van der Waals surface area (Å²) in [5.41, 5.74) is 4.93. The van der Waals surface area contributed by atoms with E-state index in [4.69, 9.17) is 9.47 Å². The molecule has 3 aromatic rings. The predicted octanol–water partition coefficient (Wildman–Crippen LogP) is 4.97. The monoisotopic (exact) mass is 547 g/mol. The van der Waals surface area contributed by atoms with Gasteiger partial charge in [0.05, 0.1) is 22.9 Å². The van der Waals surface area contributed by atoms with E-state index in [1.54, 1.807) is 18.3 Å². The molecule has 166 valence electrons. The summed E-state index contributed by atoms with van der Waals surface area (Å²) in [5, 5.41) is 6.91. The van der Waals surface area contributed by atoms with Crippen LogP contribution in [0.2, 0.25) is 0 Å². The van der Waals surface area contributed by atoms with Crippen LogP contribution in [0, 0.1) is 9.39 Å². The molecule has 0 bridgehead atoms. The van der Waals surface area contributed by atoms with Crippen molar-refractivity contribution in [1.82, 2.24) is 5.43 Å². The lowest BCUT2D eigenvalue weighted by molar-refractivity contribution is -0.119. The van der Waals surface area contributed by atoms with Crippen molar-refractivity contribution in [3.63, 3.8) is 0 Å². The maximum atomic E-state index is 12.9. The minimum Gasteiger partial charge on any atom is -0.490 e. The zero-order valence-corrected chi connectivity index (χ0v) is 19.6. The highest BCUT2D eigenvalue weighted by molar-refractivity contribution is 14.1. The van der Waals surface area contributed by atoms with Crippen molar-refractivity contribution < 1.29 is 18.7 Å². The van der Waals surface area contributed by atoms with E-state index < -0.39 is 0 Å². The van der Waals surface area contributed by atoms with E-state index in [1.807, 2.05) is 49.4 Å². The van der Waals surface area contributed by atoms with Gasteiger partial charge in [0.2, 0.25) is 0 Å². The van der Waals surface area contributed by atoms with E-state index >= 15 is 0 Å². The van der Waals surface area contributed by atoms with Gasteiger partial charge in [0.1, 0.15) is 12.4 Å². The Hall–Kier alpha value is -3.14. The van der Waals surface area contributed by atoms with Gasteiger partial charge in [0, 0.05) is 5.69 Å². The summed E-state index contributed by atoms with van der Waals surface area (Å²) in [6.07, 6.45) is 1.54. The fraction of sp³-hybridized carbons (Fsp3) is 0.167. The number of nitrogens with one attached hydrogen (secondary N) is 2. The van der Waals surface area contributed by atoms with Crippen LogP contribution in [0.15, 0.2) is 71.8 Å². The number of halogens is 2. The number of benzene rings is 3. The summed E-state index contributed by atoms with van der Waals surface area (Å²) >= 11 is 2.19. The number of anilines is 1. The Labute approximate surface area is 200 Å². The maximum absolute atomic E-state index is 12.9. The zero-order valence-electron chi connectivity index (χ0n) is 17.5. The molecular formula is C24H23FIN3O3. The second-order valence-electron chi connectivity index (χ2n) is 6.69. The molecule has 0 atom stereocenters. The topological polar surface area (TPSA) is 72.0 Å². The van der Waals surface area contributed by atoms with Crippen molar-refractivity contribution >= 4 is 40.4 Å². The fourth-order valence-electron chi connectivity index (χ4n) is 2.76. The molecule has 0 spiro atoms. The lowest BCUT2D eigenvalue weighted by atomic mass is 10.2. The van der Waals surface area contributed by atoms with Gasteiger partial charge in [-0.3, -0.25) is 4.79 Å². The number of hydrogen-bond acceptors (Lipinski definition) is 5. The molecule has 8 heteroatoms. The molecule has 1 amide bonds. The summed E-state index contributed by atoms with van der Waals surface area (Å²) in [4.78, 5) is 12.0. The average molecular weight is 547 g/mol. The highest BCUT2D eigenvalue weighted by Crippen LogP contribution is 2.34. The summed E-state index contributed by atoms with van der Waals surface area (Å²) < 4.78 is 25.6. The van der Waals surface area contributed by atoms with Crippen LogP contribution in [0.1, 0.15) is 18.1 Å². The van der Waals surface area contributed by atoms with Crippen molar-refractivity contribution in [2.45, 2.75) is 13.5 Å². The van der Waals surface area contributed by atoms with Crippen LogP contribution in [0.3, 0.4) is 0 Å². The van der Waals surface area contributed by atoms with Gasteiger partial charge in [-0.25, -0.2) is 9.82 Å². The highest BCUT2D eigenvalue weighted by atomic mass is 127. The Morgan fingerprint density at radius 2 is 1.84 bits per heavy atom. The van der Waals surface area contributed by atoms with Gasteiger partial charge in [-0.1, -0.05) is 30.3 Å². The van der Waals surface area contributed by atoms with E-state index in [2.05, 4.69) is 38.4 Å². The van der Waals surface area contributed by atoms with Crippen LogP contribution < -0.4 is 20.2 Å². The predicted molar refractivity (Wildman–Crippen MR) is 132 cm³/mol. The number of rotatable bonds is 10. The first-order valence-electron chi connectivity index (χ1n) is 9.99. The third kappa shape index (κ3) is 7.23. The second-order valence-corrected chi connectivity index (χ2v) is 7.85. The number of hydrazone groups is 1. The van der Waals surface area contributed by atoms with Crippen molar-refractivity contribution in [3.8, 4) is 11.5 Å². The summed E-state index contributed by atoms with van der Waals surface area (Å²) in [6, 6.07) is 19.4. The Balaban J connectivity index is 1.59. The van der Waals surface area contributed by atoms with Gasteiger partial charge in [-0.2, -0.15) is 5.10 Å². The van der Waals surface area contributed by atoms with Gasteiger partial charge in [0.25, 0.3) is 5.91 Å². The molecule has 0 aliphatic heterocycles. The zero-order chi connectivity index (χ0) is 22.8. The number of carbonyl (C=O) groups is 1. The molecular weight excluding hydrogens is 524 g/mol. The van der Waals surface area contributed by atoms with Crippen LogP contribution in [0.5, 0.6) is 11.5 Å². The number of hydrogen-bond donors (Lipinski definition) is 2. The Morgan fingerprint density at radius 1 is 1.09 bits per heavy atom. The number of nitrogens with zero attached hydrogens (tertiary/aromatic N) is 1. The van der Waals surface area contributed by atoms with Crippen LogP contribution in [0.25, 0.3) is 0 Å². The Morgan fingerprint density at radius 3 is 2.56 bits per heavy atom. The minimum absolute atomic E-state index is 0.0109. The molecule has 0 aliphatic carbocycles. The highest BCUT2D eigenvalue weighted by Gasteiger charge is 2.12.